The van der Waals surface area contributed by atoms with Crippen LogP contribution in [0.2, 0.25) is 0 Å². The topological polar surface area (TPSA) is 48.9 Å². The minimum absolute atomic E-state index is 0.268. The van der Waals surface area contributed by atoms with Crippen molar-refractivity contribution in [1.82, 2.24) is 9.97 Å². The number of hydrogen-bond acceptors (Lipinski definition) is 2. The molecule has 1 heterocycles. The average molecular weight is 194 g/mol. The Labute approximate surface area is 80.6 Å². The Bertz CT molecular complexity index is 470. The molecule has 0 saturated heterocycles. The molecule has 2 N–H and O–H groups in total. The largest absolute Gasteiger partial charge is 0.383 e. The van der Waals surface area contributed by atoms with Gasteiger partial charge in [-0.15, -0.1) is 0 Å². The van der Waals surface area contributed by atoms with E-state index in [4.69, 9.17) is 0 Å². The highest BCUT2D eigenvalue weighted by atomic mass is 19.1. The van der Waals surface area contributed by atoms with Crippen molar-refractivity contribution < 1.29 is 9.50 Å². The molecule has 0 aliphatic rings. The van der Waals surface area contributed by atoms with Gasteiger partial charge in [0.05, 0.1) is 5.52 Å². The smallest absolute Gasteiger partial charge is 0.151 e. The third-order valence-electron chi connectivity index (χ3n) is 2.04. The van der Waals surface area contributed by atoms with Gasteiger partial charge in [0.2, 0.25) is 0 Å². The van der Waals surface area contributed by atoms with Crippen LogP contribution in [0.25, 0.3) is 11.0 Å². The quantitative estimate of drug-likeness (QED) is 0.728. The van der Waals surface area contributed by atoms with Gasteiger partial charge in [-0.2, -0.15) is 0 Å². The van der Waals surface area contributed by atoms with Gasteiger partial charge in [-0.3, -0.25) is 0 Å². The molecule has 4 heteroatoms. The minimum Gasteiger partial charge on any atom is -0.383 e. The first kappa shape index (κ1) is 9.15. The summed E-state index contributed by atoms with van der Waals surface area (Å²) in [4.78, 5) is 6.88. The third kappa shape index (κ3) is 1.37. The van der Waals surface area contributed by atoms with Gasteiger partial charge >= 0.3 is 0 Å². The number of fused-ring (bicyclic) bond motifs is 1. The highest BCUT2D eigenvalue weighted by molar-refractivity contribution is 5.75. The maximum Gasteiger partial charge on any atom is 0.151 e. The second kappa shape index (κ2) is 2.78. The highest BCUT2D eigenvalue weighted by Gasteiger charge is 2.21. The van der Waals surface area contributed by atoms with Crippen LogP contribution in [0.1, 0.15) is 19.7 Å². The fraction of sp³-hybridized carbons (Fsp3) is 0.300. The number of aromatic amines is 1. The van der Waals surface area contributed by atoms with Crippen molar-refractivity contribution in [1.29, 1.82) is 0 Å². The molecule has 0 unspecified atom stereocenters. The van der Waals surface area contributed by atoms with E-state index < -0.39 is 5.60 Å². The molecule has 0 bridgehead atoms. The maximum absolute atomic E-state index is 13.2. The number of nitrogens with zero attached hydrogens (tertiary/aromatic N) is 1. The van der Waals surface area contributed by atoms with E-state index in [2.05, 4.69) is 9.97 Å². The van der Waals surface area contributed by atoms with Crippen LogP contribution < -0.4 is 0 Å². The number of hydrogen-bond donors (Lipinski definition) is 2. The van der Waals surface area contributed by atoms with Crippen LogP contribution in [0.3, 0.4) is 0 Å². The Morgan fingerprint density at radius 2 is 2.14 bits per heavy atom. The molecule has 0 fully saturated rings. The molecule has 0 aliphatic carbocycles. The summed E-state index contributed by atoms with van der Waals surface area (Å²) >= 11 is 0. The van der Waals surface area contributed by atoms with Crippen LogP contribution in [0.15, 0.2) is 18.2 Å². The number of para-hydroxylation sites is 1. The molecule has 2 rings (SSSR count). The molecule has 0 saturated carbocycles. The second-order valence-electron chi connectivity index (χ2n) is 3.78. The van der Waals surface area contributed by atoms with Gasteiger partial charge in [-0.1, -0.05) is 6.07 Å². The first-order valence-electron chi connectivity index (χ1n) is 4.35. The van der Waals surface area contributed by atoms with E-state index in [1.54, 1.807) is 26.0 Å². The molecule has 74 valence electrons. The molecule has 0 spiro atoms. The summed E-state index contributed by atoms with van der Waals surface area (Å²) in [5.41, 5.74) is -0.211. The second-order valence-corrected chi connectivity index (χ2v) is 3.78. The third-order valence-corrected chi connectivity index (χ3v) is 2.04. The standard InChI is InChI=1S/C10H11FN2O/c1-10(2,14)9-12-7-5-3-4-6(11)8(7)13-9/h3-5,14H,1-2H3,(H,12,13). The Morgan fingerprint density at radius 3 is 2.71 bits per heavy atom. The summed E-state index contributed by atoms with van der Waals surface area (Å²) < 4.78 is 13.2. The molecule has 0 amide bonds. The highest BCUT2D eigenvalue weighted by Crippen LogP contribution is 2.21. The number of H-pyrrole nitrogens is 1. The molecular formula is C10H11FN2O. The minimum atomic E-state index is -1.08. The molecule has 0 aliphatic heterocycles. The molecule has 1 aromatic heterocycles. The summed E-state index contributed by atoms with van der Waals surface area (Å²) in [6, 6.07) is 4.67. The van der Waals surface area contributed by atoms with E-state index in [-0.39, 0.29) is 11.3 Å². The van der Waals surface area contributed by atoms with Crippen LogP contribution in [0, 0.1) is 5.82 Å². The van der Waals surface area contributed by atoms with Crippen LogP contribution >= 0.6 is 0 Å². The average Bonchev–Trinajstić information content (AvgIpc) is 2.48. The zero-order valence-corrected chi connectivity index (χ0v) is 8.00. The lowest BCUT2D eigenvalue weighted by atomic mass is 10.1. The fourth-order valence-corrected chi connectivity index (χ4v) is 1.29. The van der Waals surface area contributed by atoms with Crippen LogP contribution in [-0.2, 0) is 5.60 Å². The lowest BCUT2D eigenvalue weighted by Crippen LogP contribution is -2.17. The summed E-state index contributed by atoms with van der Waals surface area (Å²) in [6.07, 6.45) is 0. The number of halogens is 1. The number of benzene rings is 1. The van der Waals surface area contributed by atoms with Crippen molar-refractivity contribution in [3.63, 3.8) is 0 Å². The van der Waals surface area contributed by atoms with Crippen LogP contribution in [0.4, 0.5) is 4.39 Å². The Kier molecular flexibility index (Phi) is 1.82. The van der Waals surface area contributed by atoms with E-state index in [9.17, 15) is 9.50 Å². The van der Waals surface area contributed by atoms with Crippen molar-refractivity contribution in [2.45, 2.75) is 19.4 Å². The fourth-order valence-electron chi connectivity index (χ4n) is 1.29. The number of aliphatic hydroxyl groups is 1. The lowest BCUT2D eigenvalue weighted by molar-refractivity contribution is 0.0700. The van der Waals surface area contributed by atoms with E-state index in [1.807, 2.05) is 0 Å². The predicted octanol–water partition coefficient (Wildman–Crippen LogP) is 1.93. The van der Waals surface area contributed by atoms with Crippen LogP contribution in [0.5, 0.6) is 0 Å². The van der Waals surface area contributed by atoms with Gasteiger partial charge in [-0.05, 0) is 26.0 Å². The zero-order valence-electron chi connectivity index (χ0n) is 8.00. The molecule has 14 heavy (non-hydrogen) atoms. The molecule has 0 atom stereocenters. The molecule has 2 aromatic rings. The molecular weight excluding hydrogens is 183 g/mol. The van der Waals surface area contributed by atoms with E-state index in [1.165, 1.54) is 6.07 Å². The van der Waals surface area contributed by atoms with Gasteiger partial charge in [0.1, 0.15) is 16.9 Å². The van der Waals surface area contributed by atoms with Gasteiger partial charge < -0.3 is 10.1 Å². The predicted molar refractivity (Wildman–Crippen MR) is 51.3 cm³/mol. The monoisotopic (exact) mass is 194 g/mol. The number of nitrogens with one attached hydrogen (secondary N) is 1. The van der Waals surface area contributed by atoms with Crippen molar-refractivity contribution in [2.24, 2.45) is 0 Å². The molecule has 3 nitrogen and oxygen atoms in total. The molecule has 1 aromatic carbocycles. The van der Waals surface area contributed by atoms with Crippen molar-refractivity contribution >= 4 is 11.0 Å². The number of imidazole rings is 1. The van der Waals surface area contributed by atoms with Crippen LogP contribution in [-0.4, -0.2) is 15.1 Å². The van der Waals surface area contributed by atoms with E-state index in [0.29, 0.717) is 11.3 Å². The van der Waals surface area contributed by atoms with Gasteiger partial charge in [0.25, 0.3) is 0 Å². The first-order valence-corrected chi connectivity index (χ1v) is 4.35. The van der Waals surface area contributed by atoms with Gasteiger partial charge in [-0.25, -0.2) is 9.37 Å². The summed E-state index contributed by atoms with van der Waals surface area (Å²) in [5, 5.41) is 9.66. The van der Waals surface area contributed by atoms with Crippen molar-refractivity contribution in [3.05, 3.63) is 29.8 Å². The zero-order chi connectivity index (χ0) is 10.3. The molecule has 0 radical (unpaired) electrons. The Hall–Kier alpha value is -1.42. The van der Waals surface area contributed by atoms with Gasteiger partial charge in [0, 0.05) is 0 Å². The van der Waals surface area contributed by atoms with Crippen molar-refractivity contribution in [3.8, 4) is 0 Å². The summed E-state index contributed by atoms with van der Waals surface area (Å²) in [6.45, 7) is 3.20. The SMILES string of the molecule is CC(C)(O)c1nc2c(F)cccc2[nH]1. The summed E-state index contributed by atoms with van der Waals surface area (Å²) in [7, 11) is 0. The van der Waals surface area contributed by atoms with E-state index in [0.717, 1.165) is 0 Å². The van der Waals surface area contributed by atoms with Gasteiger partial charge in [0.15, 0.2) is 5.82 Å². The summed E-state index contributed by atoms with van der Waals surface area (Å²) in [5.74, 6) is -0.00755. The maximum atomic E-state index is 13.2. The Balaban J connectivity index is 2.69. The number of aromatic nitrogens is 2. The van der Waals surface area contributed by atoms with Crippen molar-refractivity contribution in [2.75, 3.05) is 0 Å². The number of rotatable bonds is 1. The lowest BCUT2D eigenvalue weighted by Gasteiger charge is -2.12. The van der Waals surface area contributed by atoms with E-state index >= 15 is 0 Å². The normalized spacial score (nSPS) is 12.3. The Morgan fingerprint density at radius 1 is 1.43 bits per heavy atom. The first-order chi connectivity index (χ1) is 6.48.